The summed E-state index contributed by atoms with van der Waals surface area (Å²) < 4.78 is 6.13. The molecule has 5 nitrogen and oxygen atoms in total. The fraction of sp³-hybridized carbons (Fsp3) is 0.400. The SMILES string of the molecule is Cc1ccc(C)c(OC2CCN(C(=O)c3ccc(C)[nH]c3=O)CC2)c1. The van der Waals surface area contributed by atoms with E-state index in [1.165, 1.54) is 5.56 Å². The van der Waals surface area contributed by atoms with Gasteiger partial charge in [-0.25, -0.2) is 0 Å². The van der Waals surface area contributed by atoms with Crippen LogP contribution in [0, 0.1) is 20.8 Å². The second-order valence-corrected chi connectivity index (χ2v) is 6.76. The van der Waals surface area contributed by atoms with E-state index >= 15 is 0 Å². The number of hydrogen-bond donors (Lipinski definition) is 1. The summed E-state index contributed by atoms with van der Waals surface area (Å²) in [4.78, 5) is 29.0. The van der Waals surface area contributed by atoms with Crippen LogP contribution in [0.4, 0.5) is 0 Å². The van der Waals surface area contributed by atoms with E-state index < -0.39 is 0 Å². The zero-order valence-electron chi connectivity index (χ0n) is 15.0. The normalized spacial score (nSPS) is 15.2. The number of ether oxygens (including phenoxy) is 1. The van der Waals surface area contributed by atoms with Gasteiger partial charge in [0.05, 0.1) is 0 Å². The Labute approximate surface area is 147 Å². The lowest BCUT2D eigenvalue weighted by atomic mass is 10.1. The fourth-order valence-corrected chi connectivity index (χ4v) is 3.10. The third-order valence-corrected chi connectivity index (χ3v) is 4.65. The average molecular weight is 340 g/mol. The molecule has 0 atom stereocenters. The van der Waals surface area contributed by atoms with Crippen LogP contribution in [0.1, 0.15) is 40.0 Å². The number of carbonyl (C=O) groups excluding carboxylic acids is 1. The van der Waals surface area contributed by atoms with Crippen LogP contribution in [0.3, 0.4) is 0 Å². The van der Waals surface area contributed by atoms with Crippen LogP contribution < -0.4 is 10.3 Å². The highest BCUT2D eigenvalue weighted by Crippen LogP contribution is 2.24. The second kappa shape index (κ2) is 7.13. The van der Waals surface area contributed by atoms with Gasteiger partial charge >= 0.3 is 0 Å². The minimum absolute atomic E-state index is 0.0980. The van der Waals surface area contributed by atoms with Gasteiger partial charge in [-0.2, -0.15) is 0 Å². The smallest absolute Gasteiger partial charge is 0.260 e. The molecule has 2 aromatic rings. The summed E-state index contributed by atoms with van der Waals surface area (Å²) in [6.07, 6.45) is 1.63. The van der Waals surface area contributed by atoms with Gasteiger partial charge in [0.2, 0.25) is 0 Å². The highest BCUT2D eigenvalue weighted by molar-refractivity contribution is 5.93. The number of hydrogen-bond acceptors (Lipinski definition) is 3. The van der Waals surface area contributed by atoms with Crippen molar-refractivity contribution in [2.75, 3.05) is 13.1 Å². The Morgan fingerprint density at radius 2 is 1.84 bits per heavy atom. The van der Waals surface area contributed by atoms with E-state index in [9.17, 15) is 9.59 Å². The topological polar surface area (TPSA) is 62.4 Å². The van der Waals surface area contributed by atoms with E-state index in [0.29, 0.717) is 13.1 Å². The molecular formula is C20H24N2O3. The largest absolute Gasteiger partial charge is 0.490 e. The van der Waals surface area contributed by atoms with Crippen molar-refractivity contribution in [3.8, 4) is 5.75 Å². The first-order valence-corrected chi connectivity index (χ1v) is 8.67. The molecule has 2 heterocycles. The summed E-state index contributed by atoms with van der Waals surface area (Å²) in [5.74, 6) is 0.714. The molecule has 1 N–H and O–H groups in total. The number of carbonyl (C=O) groups is 1. The molecule has 25 heavy (non-hydrogen) atoms. The number of amides is 1. The van der Waals surface area contributed by atoms with E-state index in [2.05, 4.69) is 23.2 Å². The quantitative estimate of drug-likeness (QED) is 0.934. The predicted octanol–water partition coefficient (Wildman–Crippen LogP) is 2.98. The van der Waals surface area contributed by atoms with Crippen LogP contribution in [-0.2, 0) is 0 Å². The molecule has 5 heteroatoms. The summed E-state index contributed by atoms with van der Waals surface area (Å²) in [5, 5.41) is 0. The number of rotatable bonds is 3. The standard InChI is InChI=1S/C20H24N2O3/c1-13-4-5-14(2)18(12-13)25-16-8-10-22(11-9-16)20(24)17-7-6-15(3)21-19(17)23/h4-7,12,16H,8-11H2,1-3H3,(H,21,23). The molecule has 0 unspecified atom stereocenters. The van der Waals surface area contributed by atoms with Gasteiger partial charge in [-0.15, -0.1) is 0 Å². The lowest BCUT2D eigenvalue weighted by Gasteiger charge is -2.32. The van der Waals surface area contributed by atoms with Crippen molar-refractivity contribution >= 4 is 5.91 Å². The third kappa shape index (κ3) is 3.92. The van der Waals surface area contributed by atoms with Crippen molar-refractivity contribution in [2.24, 2.45) is 0 Å². The maximum Gasteiger partial charge on any atom is 0.260 e. The van der Waals surface area contributed by atoms with Gasteiger partial charge in [-0.3, -0.25) is 9.59 Å². The number of piperidine rings is 1. The molecule has 1 aromatic carbocycles. The zero-order valence-corrected chi connectivity index (χ0v) is 15.0. The number of nitrogens with one attached hydrogen (secondary N) is 1. The number of likely N-dealkylation sites (tertiary alicyclic amines) is 1. The highest BCUT2D eigenvalue weighted by Gasteiger charge is 2.26. The summed E-state index contributed by atoms with van der Waals surface area (Å²) in [6.45, 7) is 7.08. The molecule has 0 radical (unpaired) electrons. The first kappa shape index (κ1) is 17.3. The third-order valence-electron chi connectivity index (χ3n) is 4.65. The number of aromatic nitrogens is 1. The maximum absolute atomic E-state index is 12.6. The number of pyridine rings is 1. The Bertz CT molecular complexity index is 833. The van der Waals surface area contributed by atoms with Crippen molar-refractivity contribution in [1.29, 1.82) is 0 Å². The summed E-state index contributed by atoms with van der Waals surface area (Å²) in [5.41, 5.74) is 2.93. The van der Waals surface area contributed by atoms with Crippen molar-refractivity contribution in [3.05, 3.63) is 63.1 Å². The molecule has 3 rings (SSSR count). The maximum atomic E-state index is 12.6. The molecule has 1 aliphatic rings. The lowest BCUT2D eigenvalue weighted by Crippen LogP contribution is -2.43. The first-order chi connectivity index (χ1) is 11.9. The summed E-state index contributed by atoms with van der Waals surface area (Å²) in [7, 11) is 0. The Kier molecular flexibility index (Phi) is 4.93. The molecule has 0 saturated carbocycles. The van der Waals surface area contributed by atoms with Crippen molar-refractivity contribution in [3.63, 3.8) is 0 Å². The van der Waals surface area contributed by atoms with Gasteiger partial charge in [0.25, 0.3) is 11.5 Å². The number of nitrogens with zero attached hydrogens (tertiary/aromatic N) is 1. The summed E-state index contributed by atoms with van der Waals surface area (Å²) in [6, 6.07) is 9.55. The molecule has 1 amide bonds. The molecule has 1 fully saturated rings. The van der Waals surface area contributed by atoms with E-state index in [1.807, 2.05) is 13.8 Å². The zero-order chi connectivity index (χ0) is 18.0. The molecular weight excluding hydrogens is 316 g/mol. The monoisotopic (exact) mass is 340 g/mol. The van der Waals surface area contributed by atoms with Gasteiger partial charge in [0, 0.05) is 31.6 Å². The number of aromatic amines is 1. The Hall–Kier alpha value is -2.56. The van der Waals surface area contributed by atoms with Crippen LogP contribution in [-0.4, -0.2) is 35.0 Å². The van der Waals surface area contributed by atoms with E-state index in [4.69, 9.17) is 4.74 Å². The molecule has 0 bridgehead atoms. The van der Waals surface area contributed by atoms with Gasteiger partial charge in [-0.1, -0.05) is 12.1 Å². The molecule has 1 aromatic heterocycles. The van der Waals surface area contributed by atoms with E-state index in [0.717, 1.165) is 29.8 Å². The predicted molar refractivity (Wildman–Crippen MR) is 97.3 cm³/mol. The number of H-pyrrole nitrogens is 1. The molecule has 0 aliphatic carbocycles. The van der Waals surface area contributed by atoms with Crippen LogP contribution in [0.2, 0.25) is 0 Å². The molecule has 1 aliphatic heterocycles. The molecule has 132 valence electrons. The Morgan fingerprint density at radius 3 is 2.52 bits per heavy atom. The van der Waals surface area contributed by atoms with E-state index in [1.54, 1.807) is 24.0 Å². The number of benzene rings is 1. The molecule has 0 spiro atoms. The van der Waals surface area contributed by atoms with Crippen LogP contribution in [0.5, 0.6) is 5.75 Å². The number of aryl methyl sites for hydroxylation is 3. The van der Waals surface area contributed by atoms with Crippen molar-refractivity contribution < 1.29 is 9.53 Å². The first-order valence-electron chi connectivity index (χ1n) is 8.67. The van der Waals surface area contributed by atoms with E-state index in [-0.39, 0.29) is 23.1 Å². The van der Waals surface area contributed by atoms with Gasteiger partial charge in [0.1, 0.15) is 17.4 Å². The Morgan fingerprint density at radius 1 is 1.12 bits per heavy atom. The summed E-state index contributed by atoms with van der Waals surface area (Å²) >= 11 is 0. The van der Waals surface area contributed by atoms with Gasteiger partial charge < -0.3 is 14.6 Å². The fourth-order valence-electron chi connectivity index (χ4n) is 3.10. The minimum atomic E-state index is -0.321. The van der Waals surface area contributed by atoms with Crippen LogP contribution in [0.15, 0.2) is 35.1 Å². The van der Waals surface area contributed by atoms with Crippen molar-refractivity contribution in [1.82, 2.24) is 9.88 Å². The van der Waals surface area contributed by atoms with Crippen molar-refractivity contribution in [2.45, 2.75) is 39.7 Å². The van der Waals surface area contributed by atoms with Crippen LogP contribution >= 0.6 is 0 Å². The van der Waals surface area contributed by atoms with Gasteiger partial charge in [-0.05, 0) is 50.1 Å². The average Bonchev–Trinajstić information content (AvgIpc) is 2.58. The molecule has 1 saturated heterocycles. The van der Waals surface area contributed by atoms with Crippen LogP contribution in [0.25, 0.3) is 0 Å². The second-order valence-electron chi connectivity index (χ2n) is 6.76. The highest BCUT2D eigenvalue weighted by atomic mass is 16.5. The Balaban J connectivity index is 1.62. The lowest BCUT2D eigenvalue weighted by molar-refractivity contribution is 0.0592. The minimum Gasteiger partial charge on any atom is -0.490 e. The van der Waals surface area contributed by atoms with Gasteiger partial charge in [0.15, 0.2) is 0 Å².